The molecule has 3 N–H and O–H groups in total. The molecule has 0 spiro atoms. The van der Waals surface area contributed by atoms with E-state index < -0.39 is 0 Å². The van der Waals surface area contributed by atoms with Gasteiger partial charge in [0.15, 0.2) is 5.96 Å². The van der Waals surface area contributed by atoms with Gasteiger partial charge < -0.3 is 15.6 Å². The predicted molar refractivity (Wildman–Crippen MR) is 88.5 cm³/mol. The molecule has 1 heterocycles. The summed E-state index contributed by atoms with van der Waals surface area (Å²) in [5.74, 6) is 1.55. The van der Waals surface area contributed by atoms with Crippen LogP contribution in [0.1, 0.15) is 33.0 Å². The van der Waals surface area contributed by atoms with E-state index in [0.29, 0.717) is 12.5 Å². The first kappa shape index (κ1) is 15.4. The molecule has 0 bridgehead atoms. The number of nitrogens with one attached hydrogen (secondary N) is 1. The van der Waals surface area contributed by atoms with Gasteiger partial charge in [-0.3, -0.25) is 4.99 Å². The maximum atomic E-state index is 5.86. The molecule has 0 radical (unpaired) electrons. The van der Waals surface area contributed by atoms with Crippen molar-refractivity contribution < 1.29 is 0 Å². The van der Waals surface area contributed by atoms with Crippen molar-refractivity contribution in [2.45, 2.75) is 46.2 Å². The number of aryl methyl sites for hydroxylation is 2. The molecule has 5 nitrogen and oxygen atoms in total. The van der Waals surface area contributed by atoms with Gasteiger partial charge in [-0.15, -0.1) is 0 Å². The summed E-state index contributed by atoms with van der Waals surface area (Å²) < 4.78 is 2.23. The number of hydrogen-bond acceptors (Lipinski definition) is 2. The zero-order chi connectivity index (χ0) is 15.5. The molecule has 1 aromatic carbocycles. The molecule has 0 unspecified atom stereocenters. The van der Waals surface area contributed by atoms with E-state index in [1.165, 1.54) is 5.52 Å². The number of benzene rings is 1. The van der Waals surface area contributed by atoms with Gasteiger partial charge in [-0.2, -0.15) is 0 Å². The molecule has 5 heteroatoms. The van der Waals surface area contributed by atoms with E-state index >= 15 is 0 Å². The van der Waals surface area contributed by atoms with Crippen molar-refractivity contribution in [2.75, 3.05) is 6.54 Å². The van der Waals surface area contributed by atoms with E-state index in [1.807, 2.05) is 25.1 Å². The summed E-state index contributed by atoms with van der Waals surface area (Å²) in [5.41, 5.74) is 8.04. The Balaban J connectivity index is 1.94. The van der Waals surface area contributed by atoms with Gasteiger partial charge in [0.1, 0.15) is 5.82 Å². The second-order valence-electron chi connectivity index (χ2n) is 6.29. The average Bonchev–Trinajstić information content (AvgIpc) is 2.68. The third-order valence-electron chi connectivity index (χ3n) is 3.17. The van der Waals surface area contributed by atoms with Crippen LogP contribution >= 0.6 is 0 Å². The Morgan fingerprint density at radius 1 is 1.33 bits per heavy atom. The van der Waals surface area contributed by atoms with Crippen LogP contribution in [0.4, 0.5) is 0 Å². The minimum Gasteiger partial charge on any atom is -0.370 e. The molecule has 0 saturated carbocycles. The van der Waals surface area contributed by atoms with Gasteiger partial charge in [0.2, 0.25) is 0 Å². The number of rotatable bonds is 4. The van der Waals surface area contributed by atoms with Crippen LogP contribution in [0.5, 0.6) is 0 Å². The number of aromatic nitrogens is 2. The van der Waals surface area contributed by atoms with Crippen molar-refractivity contribution in [2.24, 2.45) is 10.7 Å². The van der Waals surface area contributed by atoms with Crippen LogP contribution in [0, 0.1) is 6.92 Å². The molecule has 0 atom stereocenters. The zero-order valence-corrected chi connectivity index (χ0v) is 13.3. The van der Waals surface area contributed by atoms with E-state index in [1.54, 1.807) is 0 Å². The number of nitrogens with zero attached hydrogens (tertiary/aromatic N) is 3. The lowest BCUT2D eigenvalue weighted by atomic mass is 10.1. The van der Waals surface area contributed by atoms with E-state index in [0.717, 1.165) is 24.3 Å². The lowest BCUT2D eigenvalue weighted by Crippen LogP contribution is -2.45. The first-order valence-electron chi connectivity index (χ1n) is 7.37. The van der Waals surface area contributed by atoms with E-state index in [9.17, 15) is 0 Å². The summed E-state index contributed by atoms with van der Waals surface area (Å²) in [6.45, 7) is 9.85. The largest absolute Gasteiger partial charge is 0.370 e. The van der Waals surface area contributed by atoms with Crippen molar-refractivity contribution in [1.29, 1.82) is 0 Å². The summed E-state index contributed by atoms with van der Waals surface area (Å²) in [6.07, 6.45) is 0.938. The number of imidazole rings is 1. The fourth-order valence-electron chi connectivity index (χ4n) is 2.33. The van der Waals surface area contributed by atoms with E-state index in [2.05, 4.69) is 46.7 Å². The van der Waals surface area contributed by atoms with Gasteiger partial charge in [0.25, 0.3) is 0 Å². The van der Waals surface area contributed by atoms with E-state index in [4.69, 9.17) is 5.73 Å². The van der Waals surface area contributed by atoms with E-state index in [-0.39, 0.29) is 5.54 Å². The molecule has 114 valence electrons. The molecular formula is C16H25N5. The van der Waals surface area contributed by atoms with Crippen molar-refractivity contribution in [3.63, 3.8) is 0 Å². The fourth-order valence-corrected chi connectivity index (χ4v) is 2.33. The maximum absolute atomic E-state index is 5.86. The van der Waals surface area contributed by atoms with Gasteiger partial charge in [-0.25, -0.2) is 4.98 Å². The number of aliphatic imine (C=N–C) groups is 1. The van der Waals surface area contributed by atoms with Crippen molar-refractivity contribution in [3.05, 3.63) is 30.1 Å². The van der Waals surface area contributed by atoms with Gasteiger partial charge >= 0.3 is 0 Å². The fraction of sp³-hybridized carbons (Fsp3) is 0.500. The molecule has 2 rings (SSSR count). The maximum Gasteiger partial charge on any atom is 0.188 e. The van der Waals surface area contributed by atoms with Crippen LogP contribution in [0.15, 0.2) is 29.3 Å². The van der Waals surface area contributed by atoms with Crippen LogP contribution in [0.25, 0.3) is 11.0 Å². The SMILES string of the molecule is Cc1nc2ccccc2n1CCCN=C(N)NC(C)(C)C. The number of para-hydroxylation sites is 2. The van der Waals surface area contributed by atoms with Crippen LogP contribution < -0.4 is 11.1 Å². The second kappa shape index (κ2) is 6.16. The highest BCUT2D eigenvalue weighted by molar-refractivity contribution is 5.78. The van der Waals surface area contributed by atoms with Crippen LogP contribution in [0.3, 0.4) is 0 Å². The quantitative estimate of drug-likeness (QED) is 0.515. The Kier molecular flexibility index (Phi) is 4.50. The molecule has 21 heavy (non-hydrogen) atoms. The number of guanidine groups is 1. The minimum absolute atomic E-state index is 0.0509. The molecule has 0 amide bonds. The second-order valence-corrected chi connectivity index (χ2v) is 6.29. The van der Waals surface area contributed by atoms with Gasteiger partial charge in [0.05, 0.1) is 11.0 Å². The Morgan fingerprint density at radius 3 is 2.76 bits per heavy atom. The average molecular weight is 287 g/mol. The number of fused-ring (bicyclic) bond motifs is 1. The van der Waals surface area contributed by atoms with Crippen LogP contribution in [-0.4, -0.2) is 27.6 Å². The number of nitrogens with two attached hydrogens (primary N) is 1. The summed E-state index contributed by atoms with van der Waals surface area (Å²) in [7, 11) is 0. The topological polar surface area (TPSA) is 68.2 Å². The first-order valence-corrected chi connectivity index (χ1v) is 7.37. The summed E-state index contributed by atoms with van der Waals surface area (Å²) in [4.78, 5) is 8.93. The molecule has 0 fully saturated rings. The normalized spacial score (nSPS) is 12.9. The van der Waals surface area contributed by atoms with Crippen LogP contribution in [0.2, 0.25) is 0 Å². The molecule has 0 saturated heterocycles. The Morgan fingerprint density at radius 2 is 2.05 bits per heavy atom. The Labute approximate surface area is 126 Å². The molecule has 1 aromatic heterocycles. The summed E-state index contributed by atoms with van der Waals surface area (Å²) in [5, 5.41) is 3.16. The number of hydrogen-bond donors (Lipinski definition) is 2. The Hall–Kier alpha value is -2.04. The third kappa shape index (κ3) is 4.21. The van der Waals surface area contributed by atoms with Gasteiger partial charge in [-0.1, -0.05) is 12.1 Å². The summed E-state index contributed by atoms with van der Waals surface area (Å²) >= 11 is 0. The molecular weight excluding hydrogens is 262 g/mol. The predicted octanol–water partition coefficient (Wildman–Crippen LogP) is 2.44. The van der Waals surface area contributed by atoms with Crippen molar-refractivity contribution in [1.82, 2.24) is 14.9 Å². The lowest BCUT2D eigenvalue weighted by molar-refractivity contribution is 0.507. The molecule has 0 aliphatic carbocycles. The Bertz CT molecular complexity index is 634. The monoisotopic (exact) mass is 287 g/mol. The molecule has 0 aliphatic heterocycles. The standard InChI is InChI=1S/C16H25N5/c1-12-19-13-8-5-6-9-14(13)21(12)11-7-10-18-15(17)20-16(2,3)4/h5-6,8-9H,7,10-11H2,1-4H3,(H3,17,18,20). The minimum atomic E-state index is -0.0509. The highest BCUT2D eigenvalue weighted by atomic mass is 15.1. The van der Waals surface area contributed by atoms with Gasteiger partial charge in [-0.05, 0) is 46.2 Å². The highest BCUT2D eigenvalue weighted by Crippen LogP contribution is 2.15. The lowest BCUT2D eigenvalue weighted by Gasteiger charge is -2.21. The van der Waals surface area contributed by atoms with Crippen molar-refractivity contribution >= 4 is 17.0 Å². The first-order chi connectivity index (χ1) is 9.87. The molecule has 0 aliphatic rings. The zero-order valence-electron chi connectivity index (χ0n) is 13.3. The third-order valence-corrected chi connectivity index (χ3v) is 3.17. The van der Waals surface area contributed by atoms with Crippen molar-refractivity contribution in [3.8, 4) is 0 Å². The highest BCUT2D eigenvalue weighted by Gasteiger charge is 2.09. The molecule has 2 aromatic rings. The summed E-state index contributed by atoms with van der Waals surface area (Å²) in [6, 6.07) is 8.21. The van der Waals surface area contributed by atoms with Gasteiger partial charge in [0, 0.05) is 18.6 Å². The van der Waals surface area contributed by atoms with Crippen LogP contribution in [-0.2, 0) is 6.54 Å². The smallest absolute Gasteiger partial charge is 0.188 e.